The first-order valence-corrected chi connectivity index (χ1v) is 13.1. The summed E-state index contributed by atoms with van der Waals surface area (Å²) in [4.78, 5) is 31.5. The van der Waals surface area contributed by atoms with Crippen LogP contribution in [0.1, 0.15) is 48.1 Å². The number of urea groups is 1. The van der Waals surface area contributed by atoms with E-state index in [2.05, 4.69) is 5.32 Å². The van der Waals surface area contributed by atoms with Crippen LogP contribution in [0.4, 0.5) is 9.18 Å². The fourth-order valence-corrected chi connectivity index (χ4v) is 5.23. The number of rotatable bonds is 9. The lowest BCUT2D eigenvalue weighted by molar-refractivity contribution is -0.133. The van der Waals surface area contributed by atoms with Gasteiger partial charge in [-0.15, -0.1) is 11.3 Å². The number of nitrogens with zero attached hydrogens (tertiary/aromatic N) is 2. The zero-order valence-corrected chi connectivity index (χ0v) is 20.7. The predicted molar refractivity (Wildman–Crippen MR) is 137 cm³/mol. The molecule has 1 fully saturated rings. The van der Waals surface area contributed by atoms with Crippen molar-refractivity contribution < 1.29 is 14.0 Å². The summed E-state index contributed by atoms with van der Waals surface area (Å²) in [5.74, 6) is -0.411. The molecule has 184 valence electrons. The molecular formula is C28H32FN3O2S. The van der Waals surface area contributed by atoms with Crippen molar-refractivity contribution in [2.45, 2.75) is 57.8 Å². The molecule has 0 spiro atoms. The Hall–Kier alpha value is -3.19. The third-order valence-corrected chi connectivity index (χ3v) is 7.30. The molecule has 3 aromatic rings. The van der Waals surface area contributed by atoms with Crippen LogP contribution in [0.5, 0.6) is 0 Å². The van der Waals surface area contributed by atoms with Gasteiger partial charge < -0.3 is 15.1 Å². The van der Waals surface area contributed by atoms with Gasteiger partial charge in [0.25, 0.3) is 0 Å². The fraction of sp³-hybridized carbons (Fsp3) is 0.357. The van der Waals surface area contributed by atoms with E-state index in [0.717, 1.165) is 41.7 Å². The monoisotopic (exact) mass is 493 g/mol. The summed E-state index contributed by atoms with van der Waals surface area (Å²) in [5, 5.41) is 5.01. The standard InChI is InChI=1S/C28H32FN3O2S/c29-24-15-13-23(14-16-24)19-31(20-26-12-7-17-35-26)27(33)21-32(25-10-5-2-6-11-25)28(34)30-18-22-8-3-1-4-9-22/h1,3-4,7-9,12-17,25H,2,5-6,10-11,18-21H2,(H,30,34). The molecule has 1 aromatic heterocycles. The zero-order valence-electron chi connectivity index (χ0n) is 19.9. The van der Waals surface area contributed by atoms with Crippen LogP contribution in [0.3, 0.4) is 0 Å². The van der Waals surface area contributed by atoms with Crippen molar-refractivity contribution in [2.75, 3.05) is 6.54 Å². The number of thiophene rings is 1. The molecule has 1 aliphatic carbocycles. The Morgan fingerprint density at radius 2 is 1.63 bits per heavy atom. The third kappa shape index (κ3) is 7.39. The molecule has 1 heterocycles. The normalized spacial score (nSPS) is 13.9. The SMILES string of the molecule is O=C(CN(C(=O)NCc1ccccc1)C1CCCCC1)N(Cc1ccc(F)cc1)Cc1cccs1. The van der Waals surface area contributed by atoms with E-state index in [4.69, 9.17) is 0 Å². The molecule has 0 atom stereocenters. The summed E-state index contributed by atoms with van der Waals surface area (Å²) in [7, 11) is 0. The number of nitrogens with one attached hydrogen (secondary N) is 1. The zero-order chi connectivity index (χ0) is 24.5. The van der Waals surface area contributed by atoms with Crippen LogP contribution >= 0.6 is 11.3 Å². The van der Waals surface area contributed by atoms with Gasteiger partial charge in [-0.1, -0.05) is 67.8 Å². The van der Waals surface area contributed by atoms with Crippen molar-refractivity contribution >= 4 is 23.3 Å². The Kier molecular flexibility index (Phi) is 8.90. The van der Waals surface area contributed by atoms with Crippen molar-refractivity contribution in [2.24, 2.45) is 0 Å². The van der Waals surface area contributed by atoms with E-state index in [-0.39, 0.29) is 30.3 Å². The average Bonchev–Trinajstić information content (AvgIpc) is 3.41. The first kappa shape index (κ1) is 24.9. The lowest BCUT2D eigenvalue weighted by Crippen LogP contribution is -2.51. The molecule has 0 bridgehead atoms. The highest BCUT2D eigenvalue weighted by Gasteiger charge is 2.29. The van der Waals surface area contributed by atoms with Gasteiger partial charge in [-0.05, 0) is 47.5 Å². The van der Waals surface area contributed by atoms with Crippen LogP contribution in [-0.2, 0) is 24.4 Å². The molecule has 4 rings (SSSR count). The van der Waals surface area contributed by atoms with E-state index in [9.17, 15) is 14.0 Å². The largest absolute Gasteiger partial charge is 0.334 e. The van der Waals surface area contributed by atoms with Gasteiger partial charge in [0.05, 0.1) is 6.54 Å². The minimum absolute atomic E-state index is 0.0257. The Morgan fingerprint density at radius 1 is 0.886 bits per heavy atom. The van der Waals surface area contributed by atoms with Crippen LogP contribution in [-0.4, -0.2) is 34.3 Å². The van der Waals surface area contributed by atoms with Crippen molar-refractivity contribution in [1.82, 2.24) is 15.1 Å². The van der Waals surface area contributed by atoms with E-state index < -0.39 is 0 Å². The summed E-state index contributed by atoms with van der Waals surface area (Å²) in [5.41, 5.74) is 1.88. The molecule has 2 aromatic carbocycles. The van der Waals surface area contributed by atoms with Gasteiger partial charge in [-0.2, -0.15) is 0 Å². The average molecular weight is 494 g/mol. The van der Waals surface area contributed by atoms with E-state index in [1.165, 1.54) is 18.6 Å². The third-order valence-electron chi connectivity index (χ3n) is 6.43. The van der Waals surface area contributed by atoms with E-state index in [1.54, 1.807) is 33.3 Å². The molecule has 1 aliphatic rings. The highest BCUT2D eigenvalue weighted by molar-refractivity contribution is 7.09. The van der Waals surface area contributed by atoms with Crippen LogP contribution in [0.2, 0.25) is 0 Å². The van der Waals surface area contributed by atoms with Crippen LogP contribution < -0.4 is 5.32 Å². The topological polar surface area (TPSA) is 52.7 Å². The molecule has 0 saturated heterocycles. The lowest BCUT2D eigenvalue weighted by atomic mass is 9.94. The van der Waals surface area contributed by atoms with E-state index >= 15 is 0 Å². The maximum absolute atomic E-state index is 13.6. The summed E-state index contributed by atoms with van der Waals surface area (Å²) >= 11 is 1.59. The Balaban J connectivity index is 1.49. The van der Waals surface area contributed by atoms with Gasteiger partial charge >= 0.3 is 6.03 Å². The minimum Gasteiger partial charge on any atom is -0.334 e. The molecule has 7 heteroatoms. The van der Waals surface area contributed by atoms with Crippen LogP contribution in [0.25, 0.3) is 0 Å². The molecule has 1 N–H and O–H groups in total. The summed E-state index contributed by atoms with van der Waals surface area (Å²) in [6.45, 7) is 1.27. The van der Waals surface area contributed by atoms with Gasteiger partial charge in [-0.25, -0.2) is 9.18 Å². The van der Waals surface area contributed by atoms with Gasteiger partial charge in [0.1, 0.15) is 12.4 Å². The predicted octanol–water partition coefficient (Wildman–Crippen LogP) is 5.96. The van der Waals surface area contributed by atoms with Crippen molar-refractivity contribution in [3.05, 3.63) is 93.9 Å². The number of amides is 3. The smallest absolute Gasteiger partial charge is 0.318 e. The first-order valence-electron chi connectivity index (χ1n) is 12.2. The Morgan fingerprint density at radius 3 is 2.31 bits per heavy atom. The highest BCUT2D eigenvalue weighted by atomic mass is 32.1. The molecule has 0 unspecified atom stereocenters. The summed E-state index contributed by atoms with van der Waals surface area (Å²) < 4.78 is 13.4. The minimum atomic E-state index is -0.302. The van der Waals surface area contributed by atoms with Gasteiger partial charge in [0.2, 0.25) is 5.91 Å². The number of carbonyl (C=O) groups excluding carboxylic acids is 2. The second-order valence-electron chi connectivity index (χ2n) is 9.02. The van der Waals surface area contributed by atoms with Gasteiger partial charge in [0, 0.05) is 24.0 Å². The lowest BCUT2D eigenvalue weighted by Gasteiger charge is -2.35. The van der Waals surface area contributed by atoms with E-state index in [0.29, 0.717) is 19.6 Å². The molecule has 3 amide bonds. The number of benzene rings is 2. The maximum Gasteiger partial charge on any atom is 0.318 e. The highest BCUT2D eigenvalue weighted by Crippen LogP contribution is 2.24. The second-order valence-corrected chi connectivity index (χ2v) is 10.1. The molecular weight excluding hydrogens is 461 g/mol. The van der Waals surface area contributed by atoms with E-state index in [1.807, 2.05) is 47.8 Å². The molecule has 0 aliphatic heterocycles. The Bertz CT molecular complexity index is 1070. The maximum atomic E-state index is 13.6. The quantitative estimate of drug-likeness (QED) is 0.400. The van der Waals surface area contributed by atoms with Gasteiger partial charge in [-0.3, -0.25) is 4.79 Å². The number of hydrogen-bond donors (Lipinski definition) is 1. The number of halogens is 1. The van der Waals surface area contributed by atoms with Crippen molar-refractivity contribution in [3.63, 3.8) is 0 Å². The molecule has 0 radical (unpaired) electrons. The van der Waals surface area contributed by atoms with Crippen molar-refractivity contribution in [1.29, 1.82) is 0 Å². The molecule has 5 nitrogen and oxygen atoms in total. The first-order chi connectivity index (χ1) is 17.1. The second kappa shape index (κ2) is 12.5. The van der Waals surface area contributed by atoms with Crippen molar-refractivity contribution in [3.8, 4) is 0 Å². The number of carbonyl (C=O) groups is 2. The molecule has 35 heavy (non-hydrogen) atoms. The van der Waals surface area contributed by atoms with Crippen LogP contribution in [0, 0.1) is 5.82 Å². The number of hydrogen-bond acceptors (Lipinski definition) is 3. The Labute approximate surface area is 210 Å². The van der Waals surface area contributed by atoms with Crippen LogP contribution in [0.15, 0.2) is 72.1 Å². The summed E-state index contributed by atoms with van der Waals surface area (Å²) in [6.07, 6.45) is 5.12. The van der Waals surface area contributed by atoms with Gasteiger partial charge in [0.15, 0.2) is 0 Å². The molecule has 1 saturated carbocycles. The summed E-state index contributed by atoms with van der Waals surface area (Å²) in [6, 6.07) is 19.8. The fourth-order valence-electron chi connectivity index (χ4n) is 4.51.